The summed E-state index contributed by atoms with van der Waals surface area (Å²) in [6.07, 6.45) is 0.370. The second kappa shape index (κ2) is 7.52. The molecule has 0 aliphatic carbocycles. The van der Waals surface area contributed by atoms with Crippen LogP contribution in [0.4, 0.5) is 0 Å². The third-order valence-corrected chi connectivity index (χ3v) is 4.44. The summed E-state index contributed by atoms with van der Waals surface area (Å²) in [6.45, 7) is 1.43. The highest BCUT2D eigenvalue weighted by atomic mass is 16.6. The number of carboxylic acid groups (broad SMARTS) is 1. The highest BCUT2D eigenvalue weighted by Gasteiger charge is 2.30. The van der Waals surface area contributed by atoms with Gasteiger partial charge in [0.1, 0.15) is 5.84 Å². The van der Waals surface area contributed by atoms with Gasteiger partial charge in [-0.15, -0.1) is 0 Å². The maximum Gasteiger partial charge on any atom is 0.317 e. The number of piperazine rings is 1. The fraction of sp³-hybridized carbons (Fsp3) is 0.412. The molecule has 0 bridgehead atoms. The van der Waals surface area contributed by atoms with Crippen molar-refractivity contribution in [3.63, 3.8) is 0 Å². The normalized spacial score (nSPS) is 20.6. The Morgan fingerprint density at radius 3 is 2.69 bits per heavy atom. The van der Waals surface area contributed by atoms with Crippen LogP contribution in [0, 0.1) is 5.41 Å². The number of hydrogen-bond acceptors (Lipinski definition) is 6. The van der Waals surface area contributed by atoms with Gasteiger partial charge in [0.25, 0.3) is 0 Å². The molecule has 0 spiro atoms. The third-order valence-electron chi connectivity index (χ3n) is 4.44. The number of oxime groups is 1. The first-order valence-corrected chi connectivity index (χ1v) is 8.32. The summed E-state index contributed by atoms with van der Waals surface area (Å²) in [5.41, 5.74) is 7.79. The molecule has 2 heterocycles. The minimum atomic E-state index is -0.931. The number of carbonyl (C=O) groups excluding carboxylic acids is 1. The van der Waals surface area contributed by atoms with Gasteiger partial charge in [0.05, 0.1) is 25.3 Å². The first-order valence-electron chi connectivity index (χ1n) is 8.32. The van der Waals surface area contributed by atoms with E-state index in [1.807, 2.05) is 12.1 Å². The number of nitrogen functional groups attached to an aromatic ring is 1. The van der Waals surface area contributed by atoms with E-state index in [1.54, 1.807) is 21.9 Å². The molecule has 0 saturated carbocycles. The van der Waals surface area contributed by atoms with Gasteiger partial charge in [0, 0.05) is 25.1 Å². The lowest BCUT2D eigenvalue weighted by Crippen LogP contribution is -2.53. The maximum atomic E-state index is 12.2. The van der Waals surface area contributed by atoms with Crippen molar-refractivity contribution in [1.29, 1.82) is 5.41 Å². The van der Waals surface area contributed by atoms with Crippen molar-refractivity contribution in [2.45, 2.75) is 12.5 Å². The molecule has 1 atom stereocenters. The highest BCUT2D eigenvalue weighted by Crippen LogP contribution is 2.19. The summed E-state index contributed by atoms with van der Waals surface area (Å²) in [6, 6.07) is 7.21. The number of nitrogens with zero attached hydrogens (tertiary/aromatic N) is 3. The van der Waals surface area contributed by atoms with Crippen LogP contribution in [-0.2, 0) is 14.4 Å². The molecule has 9 heteroatoms. The molecule has 1 aromatic rings. The molecule has 26 heavy (non-hydrogen) atoms. The average molecular weight is 359 g/mol. The SMILES string of the molecule is N=C(N)c1ccc(C2=NOC(CN3CCN(CC(=O)O)CC3=O)C2)cc1. The van der Waals surface area contributed by atoms with Gasteiger partial charge in [-0.2, -0.15) is 0 Å². The van der Waals surface area contributed by atoms with Crippen LogP contribution in [0.2, 0.25) is 0 Å². The van der Waals surface area contributed by atoms with Crippen LogP contribution < -0.4 is 5.73 Å². The number of amides is 1. The molecule has 1 fully saturated rings. The summed E-state index contributed by atoms with van der Waals surface area (Å²) in [5, 5.41) is 20.3. The number of carboxylic acids is 1. The molecule has 138 valence electrons. The Hall–Kier alpha value is -2.94. The van der Waals surface area contributed by atoms with E-state index in [2.05, 4.69) is 5.16 Å². The zero-order chi connectivity index (χ0) is 18.7. The fourth-order valence-electron chi connectivity index (χ4n) is 3.06. The summed E-state index contributed by atoms with van der Waals surface area (Å²) < 4.78 is 0. The standard InChI is InChI=1S/C17H21N5O4/c18-17(19)12-3-1-11(2-4-12)14-7-13(26-20-14)8-22-6-5-21(9-15(22)23)10-16(24)25/h1-4,13H,5-10H2,(H3,18,19)(H,24,25). The third kappa shape index (κ3) is 4.17. The Bertz CT molecular complexity index is 746. The van der Waals surface area contributed by atoms with E-state index < -0.39 is 5.97 Å². The second-order valence-electron chi connectivity index (χ2n) is 6.40. The quantitative estimate of drug-likeness (QED) is 0.471. The van der Waals surface area contributed by atoms with Crippen molar-refractivity contribution < 1.29 is 19.5 Å². The van der Waals surface area contributed by atoms with Crippen LogP contribution in [0.5, 0.6) is 0 Å². The molecule has 1 saturated heterocycles. The summed E-state index contributed by atoms with van der Waals surface area (Å²) >= 11 is 0. The monoisotopic (exact) mass is 359 g/mol. The van der Waals surface area contributed by atoms with Crippen LogP contribution in [0.1, 0.15) is 17.5 Å². The maximum absolute atomic E-state index is 12.2. The van der Waals surface area contributed by atoms with E-state index in [9.17, 15) is 9.59 Å². The van der Waals surface area contributed by atoms with Gasteiger partial charge in [0.15, 0.2) is 6.10 Å². The van der Waals surface area contributed by atoms with E-state index in [4.69, 9.17) is 21.1 Å². The van der Waals surface area contributed by atoms with Gasteiger partial charge >= 0.3 is 5.97 Å². The first-order chi connectivity index (χ1) is 12.4. The molecule has 1 unspecified atom stereocenters. The highest BCUT2D eigenvalue weighted by molar-refractivity contribution is 6.02. The summed E-state index contributed by atoms with van der Waals surface area (Å²) in [5.74, 6) is -1.01. The topological polar surface area (TPSA) is 132 Å². The van der Waals surface area contributed by atoms with Crippen LogP contribution in [0.15, 0.2) is 29.4 Å². The molecule has 0 radical (unpaired) electrons. The van der Waals surface area contributed by atoms with Crippen LogP contribution in [0.25, 0.3) is 0 Å². The summed E-state index contributed by atoms with van der Waals surface area (Å²) in [4.78, 5) is 31.7. The smallest absolute Gasteiger partial charge is 0.317 e. The Balaban J connectivity index is 1.52. The first kappa shape index (κ1) is 17.9. The van der Waals surface area contributed by atoms with E-state index >= 15 is 0 Å². The average Bonchev–Trinajstić information content (AvgIpc) is 3.05. The van der Waals surface area contributed by atoms with Gasteiger partial charge in [-0.1, -0.05) is 29.4 Å². The van der Waals surface area contributed by atoms with Crippen molar-refractivity contribution in [3.8, 4) is 0 Å². The molecular formula is C17H21N5O4. The molecule has 0 aromatic heterocycles. The summed E-state index contributed by atoms with van der Waals surface area (Å²) in [7, 11) is 0. The number of carbonyl (C=O) groups is 2. The van der Waals surface area contributed by atoms with Gasteiger partial charge in [-0.05, 0) is 5.56 Å². The number of rotatable bonds is 6. The fourth-order valence-corrected chi connectivity index (χ4v) is 3.06. The molecule has 2 aliphatic heterocycles. The predicted octanol–water partition coefficient (Wildman–Crippen LogP) is -0.308. The van der Waals surface area contributed by atoms with Crippen molar-refractivity contribution >= 4 is 23.4 Å². The number of hydrogen-bond donors (Lipinski definition) is 3. The van der Waals surface area contributed by atoms with Gasteiger partial charge in [-0.3, -0.25) is 19.9 Å². The Kier molecular flexibility index (Phi) is 5.17. The van der Waals surface area contributed by atoms with Crippen molar-refractivity contribution in [1.82, 2.24) is 9.80 Å². The van der Waals surface area contributed by atoms with Crippen LogP contribution >= 0.6 is 0 Å². The lowest BCUT2D eigenvalue weighted by molar-refractivity contribution is -0.143. The predicted molar refractivity (Wildman–Crippen MR) is 94.1 cm³/mol. The van der Waals surface area contributed by atoms with Gasteiger partial charge < -0.3 is 20.6 Å². The minimum absolute atomic E-state index is 0.0135. The zero-order valence-electron chi connectivity index (χ0n) is 14.2. The van der Waals surface area contributed by atoms with Crippen molar-refractivity contribution in [3.05, 3.63) is 35.4 Å². The molecule has 2 aliphatic rings. The van der Waals surface area contributed by atoms with Gasteiger partial charge in [0.2, 0.25) is 5.91 Å². The van der Waals surface area contributed by atoms with E-state index in [1.165, 1.54) is 0 Å². The Labute approximate surface area is 150 Å². The van der Waals surface area contributed by atoms with E-state index in [-0.39, 0.29) is 30.9 Å². The molecule has 4 N–H and O–H groups in total. The Morgan fingerprint density at radius 2 is 2.08 bits per heavy atom. The van der Waals surface area contributed by atoms with Gasteiger partial charge in [-0.25, -0.2) is 0 Å². The number of nitrogens with two attached hydrogens (primary N) is 1. The second-order valence-corrected chi connectivity index (χ2v) is 6.40. The molecule has 9 nitrogen and oxygen atoms in total. The Morgan fingerprint density at radius 1 is 1.35 bits per heavy atom. The van der Waals surface area contributed by atoms with Crippen molar-refractivity contribution in [2.75, 3.05) is 32.7 Å². The number of aliphatic carboxylic acids is 1. The molecule has 1 amide bonds. The van der Waals surface area contributed by atoms with E-state index in [0.717, 1.165) is 11.3 Å². The zero-order valence-corrected chi connectivity index (χ0v) is 14.2. The van der Waals surface area contributed by atoms with Crippen LogP contribution in [0.3, 0.4) is 0 Å². The number of amidine groups is 1. The number of nitrogens with one attached hydrogen (secondary N) is 1. The van der Waals surface area contributed by atoms with Crippen LogP contribution in [-0.4, -0.2) is 77.2 Å². The largest absolute Gasteiger partial charge is 0.480 e. The number of benzene rings is 1. The lowest BCUT2D eigenvalue weighted by atomic mass is 10.0. The molecule has 3 rings (SSSR count). The minimum Gasteiger partial charge on any atom is -0.480 e. The van der Waals surface area contributed by atoms with Crippen molar-refractivity contribution in [2.24, 2.45) is 10.9 Å². The lowest BCUT2D eigenvalue weighted by Gasteiger charge is -2.34. The molecule has 1 aromatic carbocycles. The molecular weight excluding hydrogens is 338 g/mol. The van der Waals surface area contributed by atoms with E-state index in [0.29, 0.717) is 31.6 Å².